The summed E-state index contributed by atoms with van der Waals surface area (Å²) in [6, 6.07) is 0. The van der Waals surface area contributed by atoms with Crippen molar-refractivity contribution in [2.45, 2.75) is 26.1 Å². The van der Waals surface area contributed by atoms with Gasteiger partial charge in [0.25, 0.3) is 0 Å². The fraction of sp³-hybridized carbons (Fsp3) is 0.500. The molecular formula is C8H13LiOSi. The van der Waals surface area contributed by atoms with Crippen LogP contribution in [0.5, 0.6) is 0 Å². The summed E-state index contributed by atoms with van der Waals surface area (Å²) < 4.78 is 7.21. The van der Waals surface area contributed by atoms with Crippen LogP contribution in [0.4, 0.5) is 0 Å². The summed E-state index contributed by atoms with van der Waals surface area (Å²) in [6.45, 7) is 6.62. The number of hydrogen-bond acceptors (Lipinski definition) is 1. The molecule has 0 saturated carbocycles. The Labute approximate surface area is 78.8 Å². The van der Waals surface area contributed by atoms with E-state index in [4.69, 9.17) is 4.43 Å². The van der Waals surface area contributed by atoms with E-state index in [1.807, 2.05) is 0 Å². The Hall–Kier alpha value is 0.0943. The van der Waals surface area contributed by atoms with Crippen molar-refractivity contribution in [1.29, 1.82) is 0 Å². The van der Waals surface area contributed by atoms with Gasteiger partial charge in [-0.1, -0.05) is 0 Å². The van der Waals surface area contributed by atoms with Gasteiger partial charge < -0.3 is 0 Å². The van der Waals surface area contributed by atoms with Crippen LogP contribution in [0.25, 0.3) is 0 Å². The fourth-order valence-electron chi connectivity index (χ4n) is 1.04. The second kappa shape index (κ2) is 3.22. The molecule has 0 bridgehead atoms. The van der Waals surface area contributed by atoms with Crippen LogP contribution in [0.2, 0.25) is 19.6 Å². The van der Waals surface area contributed by atoms with Crippen LogP contribution >= 0.6 is 0 Å². The topological polar surface area (TPSA) is 9.23 Å². The number of hydrogen-bond donors (Lipinski definition) is 0. The number of allylic oxidation sites excluding steroid dienone is 3. The molecule has 0 aromatic heterocycles. The quantitative estimate of drug-likeness (QED) is 0.562. The molecule has 0 aliphatic heterocycles. The third-order valence-electron chi connectivity index (χ3n) is 1.53. The minimum absolute atomic E-state index is 1.07. The summed E-state index contributed by atoms with van der Waals surface area (Å²) in [7, 11) is -1.37. The average molecular weight is 160 g/mol. The summed E-state index contributed by atoms with van der Waals surface area (Å²) in [5.41, 5.74) is 0. The molecular weight excluding hydrogens is 147 g/mol. The Kier molecular flexibility index (Phi) is 2.69. The minimum atomic E-state index is -1.37. The molecule has 0 saturated heterocycles. The average Bonchev–Trinajstić information content (AvgIpc) is 2.12. The van der Waals surface area contributed by atoms with Crippen LogP contribution < -0.4 is 0 Å². The van der Waals surface area contributed by atoms with E-state index in [2.05, 4.69) is 49.5 Å². The standard InChI is InChI=1S/C8H13OSi.Li/c1-10(2,3)9-8-6-4-5-7-8;/h4,6H,5H2,1-3H3;. The van der Waals surface area contributed by atoms with E-state index >= 15 is 0 Å². The molecule has 0 amide bonds. The van der Waals surface area contributed by atoms with Gasteiger partial charge in [0.15, 0.2) is 0 Å². The predicted octanol–water partition coefficient (Wildman–Crippen LogP) is 2.18. The van der Waals surface area contributed by atoms with Gasteiger partial charge in [-0.15, -0.1) is 0 Å². The van der Waals surface area contributed by atoms with Crippen molar-refractivity contribution in [3.8, 4) is 0 Å². The van der Waals surface area contributed by atoms with Gasteiger partial charge in [0.1, 0.15) is 0 Å². The van der Waals surface area contributed by atoms with Crippen LogP contribution in [-0.2, 0) is 4.43 Å². The van der Waals surface area contributed by atoms with E-state index in [1.165, 1.54) is 4.25 Å². The van der Waals surface area contributed by atoms with Crippen molar-refractivity contribution >= 4 is 26.0 Å². The zero-order chi connectivity index (χ0) is 8.48. The molecule has 0 spiro atoms. The molecule has 0 unspecified atom stereocenters. The Morgan fingerprint density at radius 2 is 2.09 bits per heavy atom. The summed E-state index contributed by atoms with van der Waals surface area (Å²) in [6.07, 6.45) is 5.32. The molecule has 1 rings (SSSR count). The Balaban J connectivity index is 2.63. The molecule has 11 heavy (non-hydrogen) atoms. The molecule has 56 valence electrons. The van der Waals surface area contributed by atoms with Gasteiger partial charge in [-0.05, 0) is 0 Å². The van der Waals surface area contributed by atoms with E-state index in [1.54, 1.807) is 0 Å². The van der Waals surface area contributed by atoms with E-state index < -0.39 is 8.32 Å². The molecule has 1 aliphatic rings. The van der Waals surface area contributed by atoms with Crippen molar-refractivity contribution in [2.24, 2.45) is 0 Å². The van der Waals surface area contributed by atoms with Gasteiger partial charge in [0.2, 0.25) is 0 Å². The normalized spacial score (nSPS) is 17.9. The second-order valence-electron chi connectivity index (χ2n) is 3.97. The summed E-state index contributed by atoms with van der Waals surface area (Å²) in [5.74, 6) is 1.11. The molecule has 1 aliphatic carbocycles. The van der Waals surface area contributed by atoms with E-state index in [9.17, 15) is 0 Å². The summed E-state index contributed by atoms with van der Waals surface area (Å²) in [5, 5.41) is 0. The Morgan fingerprint density at radius 1 is 1.45 bits per heavy atom. The summed E-state index contributed by atoms with van der Waals surface area (Å²) >= 11 is 2.13. The number of rotatable bonds is 2. The molecule has 0 aromatic carbocycles. The molecule has 3 heteroatoms. The van der Waals surface area contributed by atoms with Gasteiger partial charge >= 0.3 is 78.7 Å². The molecule has 0 fully saturated rings. The molecule has 1 nitrogen and oxygen atoms in total. The second-order valence-corrected chi connectivity index (χ2v) is 8.39. The molecule has 0 radical (unpaired) electrons. The SMILES string of the molecule is [Li][C]1=C(O[Si](C)(C)C)C=CC1. The van der Waals surface area contributed by atoms with E-state index in [0.717, 1.165) is 12.2 Å². The third-order valence-corrected chi connectivity index (χ3v) is 2.36. The van der Waals surface area contributed by atoms with Crippen LogP contribution in [0.3, 0.4) is 0 Å². The van der Waals surface area contributed by atoms with Crippen molar-refractivity contribution in [1.82, 2.24) is 0 Å². The monoisotopic (exact) mass is 160 g/mol. The van der Waals surface area contributed by atoms with Gasteiger partial charge in [-0.25, -0.2) is 0 Å². The van der Waals surface area contributed by atoms with Gasteiger partial charge in [0, 0.05) is 0 Å². The van der Waals surface area contributed by atoms with Crippen LogP contribution in [0.1, 0.15) is 6.42 Å². The molecule has 0 aromatic rings. The zero-order valence-corrected chi connectivity index (χ0v) is 8.77. The van der Waals surface area contributed by atoms with Crippen molar-refractivity contribution in [3.63, 3.8) is 0 Å². The first-order chi connectivity index (χ1) is 4.99. The molecule has 0 heterocycles. The molecule has 0 atom stereocenters. The molecule has 0 N–H and O–H groups in total. The van der Waals surface area contributed by atoms with Crippen molar-refractivity contribution in [2.75, 3.05) is 0 Å². The van der Waals surface area contributed by atoms with Gasteiger partial charge in [-0.2, -0.15) is 0 Å². The summed E-state index contributed by atoms with van der Waals surface area (Å²) in [4.78, 5) is 0. The maximum absolute atomic E-state index is 5.84. The fourth-order valence-corrected chi connectivity index (χ4v) is 1.94. The van der Waals surface area contributed by atoms with Crippen molar-refractivity contribution < 1.29 is 4.43 Å². The van der Waals surface area contributed by atoms with Crippen molar-refractivity contribution in [3.05, 3.63) is 22.2 Å². The predicted molar refractivity (Wildman–Crippen MR) is 51.0 cm³/mol. The first-order valence-electron chi connectivity index (χ1n) is 4.04. The van der Waals surface area contributed by atoms with E-state index in [-0.39, 0.29) is 0 Å². The first-order valence-corrected chi connectivity index (χ1v) is 7.45. The third kappa shape index (κ3) is 2.90. The van der Waals surface area contributed by atoms with Gasteiger partial charge in [-0.3, -0.25) is 0 Å². The Morgan fingerprint density at radius 3 is 2.45 bits per heavy atom. The maximum atomic E-state index is 5.84. The Bertz CT molecular complexity index is 213. The van der Waals surface area contributed by atoms with Gasteiger partial charge in [0.05, 0.1) is 0 Å². The van der Waals surface area contributed by atoms with Crippen LogP contribution in [-0.4, -0.2) is 26.0 Å². The van der Waals surface area contributed by atoms with E-state index in [0.29, 0.717) is 0 Å². The zero-order valence-electron chi connectivity index (χ0n) is 7.77. The van der Waals surface area contributed by atoms with Crippen LogP contribution in [0, 0.1) is 0 Å². The van der Waals surface area contributed by atoms with Crippen LogP contribution in [0.15, 0.2) is 22.2 Å². The first kappa shape index (κ1) is 9.18.